The highest BCUT2D eigenvalue weighted by molar-refractivity contribution is 5.90. The van der Waals surface area contributed by atoms with E-state index in [-0.39, 0.29) is 11.9 Å². The van der Waals surface area contributed by atoms with Gasteiger partial charge >= 0.3 is 6.03 Å². The molecule has 8 heteroatoms. The first-order chi connectivity index (χ1) is 15.4. The summed E-state index contributed by atoms with van der Waals surface area (Å²) in [4.78, 5) is 27.3. The molecule has 1 aliphatic heterocycles. The summed E-state index contributed by atoms with van der Waals surface area (Å²) in [6.07, 6.45) is 1.19. The molecule has 3 amide bonds. The Kier molecular flexibility index (Phi) is 7.45. The van der Waals surface area contributed by atoms with Crippen LogP contribution >= 0.6 is 0 Å². The van der Waals surface area contributed by atoms with Crippen molar-refractivity contribution in [1.29, 1.82) is 0 Å². The number of hydrogen-bond acceptors (Lipinski definition) is 5. The van der Waals surface area contributed by atoms with E-state index < -0.39 is 5.41 Å². The number of carbonyl (C=O) groups excluding carboxylic acids is 2. The fraction of sp³-hybridized carbons (Fsp3) is 0.417. The molecule has 172 valence electrons. The molecule has 1 saturated heterocycles. The monoisotopic (exact) mass is 441 g/mol. The van der Waals surface area contributed by atoms with Gasteiger partial charge in [-0.05, 0) is 42.7 Å². The fourth-order valence-electron chi connectivity index (χ4n) is 3.73. The molecule has 0 bridgehead atoms. The third-order valence-corrected chi connectivity index (χ3v) is 5.92. The molecular weight excluding hydrogens is 410 g/mol. The van der Waals surface area contributed by atoms with Crippen LogP contribution in [0.25, 0.3) is 0 Å². The Morgan fingerprint density at radius 2 is 1.69 bits per heavy atom. The van der Waals surface area contributed by atoms with Crippen LogP contribution in [0.4, 0.5) is 10.5 Å². The first-order valence-corrected chi connectivity index (χ1v) is 10.6. The number of likely N-dealkylation sites (tertiary alicyclic amines) is 1. The number of rotatable bonds is 7. The summed E-state index contributed by atoms with van der Waals surface area (Å²) < 4.78 is 15.7. The maximum absolute atomic E-state index is 12.9. The lowest BCUT2D eigenvalue weighted by molar-refractivity contribution is -0.132. The van der Waals surface area contributed by atoms with Crippen molar-refractivity contribution in [2.24, 2.45) is 5.41 Å². The van der Waals surface area contributed by atoms with Gasteiger partial charge in [0.15, 0.2) is 11.5 Å². The molecule has 0 unspecified atom stereocenters. The lowest BCUT2D eigenvalue weighted by Gasteiger charge is -2.38. The summed E-state index contributed by atoms with van der Waals surface area (Å²) >= 11 is 0. The maximum Gasteiger partial charge on any atom is 0.321 e. The summed E-state index contributed by atoms with van der Waals surface area (Å²) in [5, 5.41) is 5.92. The molecule has 2 aromatic carbocycles. The lowest BCUT2D eigenvalue weighted by atomic mass is 9.79. The zero-order valence-electron chi connectivity index (χ0n) is 19.1. The number of urea groups is 1. The predicted octanol–water partition coefficient (Wildman–Crippen LogP) is 3.66. The Morgan fingerprint density at radius 1 is 0.969 bits per heavy atom. The minimum atomic E-state index is -0.515. The summed E-state index contributed by atoms with van der Waals surface area (Å²) in [7, 11) is 4.73. The number of nitrogens with one attached hydrogen (secondary N) is 2. The van der Waals surface area contributed by atoms with Gasteiger partial charge < -0.3 is 29.7 Å². The first-order valence-electron chi connectivity index (χ1n) is 10.6. The molecule has 32 heavy (non-hydrogen) atoms. The van der Waals surface area contributed by atoms with Crippen LogP contribution in [0.1, 0.15) is 25.3 Å². The van der Waals surface area contributed by atoms with Crippen molar-refractivity contribution in [3.63, 3.8) is 0 Å². The predicted molar refractivity (Wildman–Crippen MR) is 122 cm³/mol. The summed E-state index contributed by atoms with van der Waals surface area (Å²) in [6, 6.07) is 12.7. The van der Waals surface area contributed by atoms with Gasteiger partial charge in [0.05, 0.1) is 21.3 Å². The Balaban J connectivity index is 1.52. The second kappa shape index (κ2) is 10.3. The third kappa shape index (κ3) is 5.43. The minimum absolute atomic E-state index is 0.000249. The van der Waals surface area contributed by atoms with Gasteiger partial charge in [-0.25, -0.2) is 4.79 Å². The van der Waals surface area contributed by atoms with E-state index >= 15 is 0 Å². The Bertz CT molecular complexity index is 954. The van der Waals surface area contributed by atoms with Crippen LogP contribution in [0.5, 0.6) is 17.2 Å². The number of piperidine rings is 1. The molecule has 1 fully saturated rings. The highest BCUT2D eigenvalue weighted by Gasteiger charge is 2.38. The van der Waals surface area contributed by atoms with E-state index in [0.717, 1.165) is 11.3 Å². The Morgan fingerprint density at radius 3 is 2.34 bits per heavy atom. The van der Waals surface area contributed by atoms with E-state index in [9.17, 15) is 9.59 Å². The highest BCUT2D eigenvalue weighted by Crippen LogP contribution is 2.33. The molecule has 3 rings (SSSR count). The van der Waals surface area contributed by atoms with Crippen molar-refractivity contribution in [1.82, 2.24) is 10.2 Å². The molecule has 0 aromatic heterocycles. The van der Waals surface area contributed by atoms with Crippen LogP contribution < -0.4 is 24.8 Å². The number of hydrogen-bond donors (Lipinski definition) is 2. The lowest BCUT2D eigenvalue weighted by Crippen LogP contribution is -2.49. The molecule has 1 heterocycles. The van der Waals surface area contributed by atoms with E-state index in [1.165, 1.54) is 0 Å². The average molecular weight is 442 g/mol. The zero-order valence-corrected chi connectivity index (χ0v) is 19.1. The third-order valence-electron chi connectivity index (χ3n) is 5.92. The number of methoxy groups -OCH3 is 3. The first kappa shape index (κ1) is 23.2. The fourth-order valence-corrected chi connectivity index (χ4v) is 3.73. The molecule has 0 spiro atoms. The topological polar surface area (TPSA) is 89.1 Å². The Hall–Kier alpha value is -3.42. The van der Waals surface area contributed by atoms with Gasteiger partial charge in [0.25, 0.3) is 0 Å². The molecule has 0 radical (unpaired) electrons. The van der Waals surface area contributed by atoms with Crippen LogP contribution in [0.3, 0.4) is 0 Å². The van der Waals surface area contributed by atoms with Crippen molar-refractivity contribution in [2.45, 2.75) is 26.3 Å². The smallest absolute Gasteiger partial charge is 0.321 e. The summed E-state index contributed by atoms with van der Waals surface area (Å²) in [5.41, 5.74) is 1.09. The number of carbonyl (C=O) groups is 2. The van der Waals surface area contributed by atoms with Crippen LogP contribution in [0, 0.1) is 5.41 Å². The van der Waals surface area contributed by atoms with Crippen molar-refractivity contribution in [3.05, 3.63) is 48.0 Å². The number of ether oxygens (including phenoxy) is 3. The van der Waals surface area contributed by atoms with E-state index in [1.807, 2.05) is 31.2 Å². The largest absolute Gasteiger partial charge is 0.497 e. The molecule has 0 atom stereocenters. The van der Waals surface area contributed by atoms with Crippen LogP contribution in [0.15, 0.2) is 42.5 Å². The Labute approximate surface area is 188 Å². The molecule has 2 aromatic rings. The van der Waals surface area contributed by atoms with Crippen molar-refractivity contribution in [2.75, 3.05) is 39.7 Å². The quantitative estimate of drug-likeness (QED) is 0.685. The summed E-state index contributed by atoms with van der Waals surface area (Å²) in [6.45, 7) is 3.40. The molecule has 8 nitrogen and oxygen atoms in total. The van der Waals surface area contributed by atoms with Gasteiger partial charge in [-0.1, -0.05) is 19.1 Å². The second-order valence-electron chi connectivity index (χ2n) is 8.08. The SMILES string of the molecule is COc1cccc(CNC(=O)C2(C)CCN(C(=O)Nc3ccc(OC)c(OC)c3)CC2)c1. The van der Waals surface area contributed by atoms with Gasteiger partial charge in [-0.2, -0.15) is 0 Å². The van der Waals surface area contributed by atoms with Crippen LogP contribution in [0.2, 0.25) is 0 Å². The number of amides is 3. The maximum atomic E-state index is 12.9. The van der Waals surface area contributed by atoms with Gasteiger partial charge in [0.2, 0.25) is 5.91 Å². The van der Waals surface area contributed by atoms with Gasteiger partial charge in [0, 0.05) is 36.8 Å². The average Bonchev–Trinajstić information content (AvgIpc) is 2.82. The van der Waals surface area contributed by atoms with Crippen LogP contribution in [-0.4, -0.2) is 51.3 Å². The van der Waals surface area contributed by atoms with Gasteiger partial charge in [-0.3, -0.25) is 4.79 Å². The zero-order chi connectivity index (χ0) is 23.1. The van der Waals surface area contributed by atoms with Crippen molar-refractivity contribution >= 4 is 17.6 Å². The van der Waals surface area contributed by atoms with E-state index in [2.05, 4.69) is 10.6 Å². The normalized spacial score (nSPS) is 14.9. The van der Waals surface area contributed by atoms with Crippen LogP contribution in [-0.2, 0) is 11.3 Å². The minimum Gasteiger partial charge on any atom is -0.497 e. The molecule has 1 aliphatic rings. The van der Waals surface area contributed by atoms with Crippen molar-refractivity contribution in [3.8, 4) is 17.2 Å². The number of anilines is 1. The molecular formula is C24H31N3O5. The summed E-state index contributed by atoms with van der Waals surface area (Å²) in [5.74, 6) is 1.90. The second-order valence-corrected chi connectivity index (χ2v) is 8.08. The van der Waals surface area contributed by atoms with E-state index in [0.29, 0.717) is 49.7 Å². The standard InChI is InChI=1S/C24H31N3O5/c1-24(22(28)25-16-17-6-5-7-19(14-17)30-2)10-12-27(13-11-24)23(29)26-18-8-9-20(31-3)21(15-18)32-4/h5-9,14-15H,10-13,16H2,1-4H3,(H,25,28)(H,26,29). The molecule has 0 saturated carbocycles. The van der Waals surface area contributed by atoms with Gasteiger partial charge in [-0.15, -0.1) is 0 Å². The number of benzene rings is 2. The van der Waals surface area contributed by atoms with E-state index in [4.69, 9.17) is 14.2 Å². The number of nitrogens with zero attached hydrogens (tertiary/aromatic N) is 1. The highest BCUT2D eigenvalue weighted by atomic mass is 16.5. The molecule has 0 aliphatic carbocycles. The van der Waals surface area contributed by atoms with E-state index in [1.54, 1.807) is 44.4 Å². The van der Waals surface area contributed by atoms with Crippen molar-refractivity contribution < 1.29 is 23.8 Å². The molecule has 2 N–H and O–H groups in total. The van der Waals surface area contributed by atoms with Gasteiger partial charge in [0.1, 0.15) is 5.75 Å².